The van der Waals surface area contributed by atoms with E-state index in [2.05, 4.69) is 51.7 Å². The van der Waals surface area contributed by atoms with Crippen molar-refractivity contribution in [3.8, 4) is 17.2 Å². The smallest absolute Gasteiger partial charge is 0.247 e. The van der Waals surface area contributed by atoms with Gasteiger partial charge in [-0.3, -0.25) is 0 Å². The highest BCUT2D eigenvalue weighted by molar-refractivity contribution is 5.62. The summed E-state index contributed by atoms with van der Waals surface area (Å²) in [6.07, 6.45) is 1.32. The van der Waals surface area contributed by atoms with Crippen molar-refractivity contribution in [2.75, 3.05) is 0 Å². The van der Waals surface area contributed by atoms with Gasteiger partial charge in [0.2, 0.25) is 12.3 Å². The molecule has 4 nitrogen and oxygen atoms in total. The molecular weight excluding hydrogens is 252 g/mol. The van der Waals surface area contributed by atoms with E-state index in [1.807, 2.05) is 12.1 Å². The van der Waals surface area contributed by atoms with Gasteiger partial charge in [0.15, 0.2) is 0 Å². The van der Waals surface area contributed by atoms with Crippen LogP contribution in [0.25, 0.3) is 11.5 Å². The number of hydrogen-bond acceptors (Lipinski definition) is 4. The maximum Gasteiger partial charge on any atom is 0.247 e. The Labute approximate surface area is 119 Å². The molecular formula is C16H22N2O2. The first-order valence-electron chi connectivity index (χ1n) is 6.75. The zero-order valence-electron chi connectivity index (χ0n) is 13.0. The van der Waals surface area contributed by atoms with Crippen LogP contribution in [0, 0.1) is 0 Å². The van der Waals surface area contributed by atoms with Crippen LogP contribution in [0.3, 0.4) is 0 Å². The second kappa shape index (κ2) is 4.62. The first kappa shape index (κ1) is 14.6. The summed E-state index contributed by atoms with van der Waals surface area (Å²) in [6, 6.07) is 3.86. The Morgan fingerprint density at radius 3 is 1.80 bits per heavy atom. The number of phenols is 1. The van der Waals surface area contributed by atoms with Crippen molar-refractivity contribution in [2.45, 2.75) is 52.4 Å². The third-order valence-electron chi connectivity index (χ3n) is 3.33. The lowest BCUT2D eigenvalue weighted by Gasteiger charge is -2.27. The van der Waals surface area contributed by atoms with Gasteiger partial charge in [0, 0.05) is 16.7 Å². The third kappa shape index (κ3) is 2.69. The lowest BCUT2D eigenvalue weighted by atomic mass is 9.78. The van der Waals surface area contributed by atoms with Crippen LogP contribution in [0.1, 0.15) is 52.7 Å². The largest absolute Gasteiger partial charge is 0.507 e. The molecule has 0 atom stereocenters. The van der Waals surface area contributed by atoms with Crippen molar-refractivity contribution >= 4 is 0 Å². The van der Waals surface area contributed by atoms with Crippen LogP contribution in [0.4, 0.5) is 0 Å². The molecule has 0 fully saturated rings. The van der Waals surface area contributed by atoms with E-state index < -0.39 is 0 Å². The Bertz CT molecular complexity index is 567. The van der Waals surface area contributed by atoms with E-state index in [9.17, 15) is 5.11 Å². The van der Waals surface area contributed by atoms with Crippen molar-refractivity contribution < 1.29 is 9.52 Å². The van der Waals surface area contributed by atoms with Gasteiger partial charge in [-0.15, -0.1) is 10.2 Å². The molecule has 0 unspecified atom stereocenters. The van der Waals surface area contributed by atoms with Gasteiger partial charge in [-0.25, -0.2) is 0 Å². The molecule has 0 aliphatic heterocycles. The molecule has 0 amide bonds. The molecule has 20 heavy (non-hydrogen) atoms. The fourth-order valence-electron chi connectivity index (χ4n) is 2.20. The summed E-state index contributed by atoms with van der Waals surface area (Å²) in [5.74, 6) is 0.828. The minimum absolute atomic E-state index is 0.167. The fourth-order valence-corrected chi connectivity index (χ4v) is 2.20. The highest BCUT2D eigenvalue weighted by Crippen LogP contribution is 2.41. The molecule has 1 heterocycles. The van der Waals surface area contributed by atoms with Crippen LogP contribution in [-0.2, 0) is 10.8 Å². The summed E-state index contributed by atoms with van der Waals surface area (Å²) in [5, 5.41) is 18.3. The Kier molecular flexibility index (Phi) is 3.36. The summed E-state index contributed by atoms with van der Waals surface area (Å²) in [4.78, 5) is 0. The zero-order valence-corrected chi connectivity index (χ0v) is 13.0. The van der Waals surface area contributed by atoms with Crippen molar-refractivity contribution in [1.82, 2.24) is 10.2 Å². The maximum atomic E-state index is 10.6. The molecule has 0 aliphatic carbocycles. The minimum Gasteiger partial charge on any atom is -0.507 e. The van der Waals surface area contributed by atoms with Crippen LogP contribution in [0.2, 0.25) is 0 Å². The number of hydrogen-bond donors (Lipinski definition) is 1. The predicted molar refractivity (Wildman–Crippen MR) is 78.8 cm³/mol. The van der Waals surface area contributed by atoms with Gasteiger partial charge in [0.05, 0.1) is 0 Å². The summed E-state index contributed by atoms with van der Waals surface area (Å²) in [6.45, 7) is 12.5. The maximum absolute atomic E-state index is 10.6. The molecule has 0 bridgehead atoms. The molecule has 0 aliphatic rings. The van der Waals surface area contributed by atoms with Crippen LogP contribution in [0.5, 0.6) is 5.75 Å². The molecule has 0 radical (unpaired) electrons. The minimum atomic E-state index is -0.167. The van der Waals surface area contributed by atoms with E-state index in [-0.39, 0.29) is 10.8 Å². The van der Waals surface area contributed by atoms with Gasteiger partial charge in [-0.05, 0) is 23.0 Å². The van der Waals surface area contributed by atoms with E-state index in [0.717, 1.165) is 16.7 Å². The first-order chi connectivity index (χ1) is 9.10. The lowest BCUT2D eigenvalue weighted by molar-refractivity contribution is 0.423. The fraction of sp³-hybridized carbons (Fsp3) is 0.500. The van der Waals surface area contributed by atoms with Gasteiger partial charge in [0.1, 0.15) is 5.75 Å². The average Bonchev–Trinajstić information content (AvgIpc) is 2.79. The number of nitrogens with zero attached hydrogens (tertiary/aromatic N) is 2. The molecule has 2 aromatic rings. The average molecular weight is 274 g/mol. The summed E-state index contributed by atoms with van der Waals surface area (Å²) >= 11 is 0. The second-order valence-electron chi connectivity index (χ2n) is 7.16. The Balaban J connectivity index is 2.74. The van der Waals surface area contributed by atoms with E-state index in [1.54, 1.807) is 0 Å². The molecule has 0 spiro atoms. The van der Waals surface area contributed by atoms with Crippen molar-refractivity contribution in [3.63, 3.8) is 0 Å². The lowest BCUT2D eigenvalue weighted by Crippen LogP contribution is -2.17. The monoisotopic (exact) mass is 274 g/mol. The van der Waals surface area contributed by atoms with E-state index in [0.29, 0.717) is 11.6 Å². The van der Waals surface area contributed by atoms with Crippen LogP contribution in [-0.4, -0.2) is 15.3 Å². The van der Waals surface area contributed by atoms with Gasteiger partial charge in [0.25, 0.3) is 0 Å². The molecule has 108 valence electrons. The van der Waals surface area contributed by atoms with Crippen molar-refractivity contribution in [3.05, 3.63) is 29.7 Å². The molecule has 2 rings (SSSR count). The zero-order chi connectivity index (χ0) is 15.1. The molecule has 1 aromatic heterocycles. The normalized spacial score (nSPS) is 12.7. The third-order valence-corrected chi connectivity index (χ3v) is 3.33. The molecule has 1 aromatic carbocycles. The number of benzene rings is 1. The molecule has 4 heteroatoms. The van der Waals surface area contributed by atoms with Crippen LogP contribution in [0.15, 0.2) is 22.9 Å². The molecule has 0 saturated heterocycles. The Hall–Kier alpha value is -1.84. The highest BCUT2D eigenvalue weighted by atomic mass is 16.4. The summed E-state index contributed by atoms with van der Waals surface area (Å²) in [7, 11) is 0. The SMILES string of the molecule is CC(C)(C)c1cc(-c2nnco2)cc(C(C)(C)C)c1O. The Morgan fingerprint density at radius 1 is 0.950 bits per heavy atom. The number of aromatic hydroxyl groups is 1. The number of rotatable bonds is 1. The van der Waals surface area contributed by atoms with Gasteiger partial charge in [-0.2, -0.15) is 0 Å². The van der Waals surface area contributed by atoms with Crippen LogP contribution >= 0.6 is 0 Å². The topological polar surface area (TPSA) is 59.2 Å². The highest BCUT2D eigenvalue weighted by Gasteiger charge is 2.27. The Morgan fingerprint density at radius 2 is 1.45 bits per heavy atom. The molecule has 0 saturated carbocycles. The summed E-state index contributed by atoms with van der Waals surface area (Å²) < 4.78 is 5.29. The van der Waals surface area contributed by atoms with E-state index >= 15 is 0 Å². The standard InChI is InChI=1S/C16H22N2O2/c1-15(2,3)11-7-10(14-18-17-9-20-14)8-12(13(11)19)16(4,5)6/h7-9,19H,1-6H3. The molecule has 1 N–H and O–H groups in total. The van der Waals surface area contributed by atoms with Crippen LogP contribution < -0.4 is 0 Å². The number of aromatic nitrogens is 2. The predicted octanol–water partition coefficient (Wildman–Crippen LogP) is 4.04. The van der Waals surface area contributed by atoms with Gasteiger partial charge >= 0.3 is 0 Å². The van der Waals surface area contributed by atoms with E-state index in [4.69, 9.17) is 4.42 Å². The van der Waals surface area contributed by atoms with Gasteiger partial charge in [-0.1, -0.05) is 41.5 Å². The van der Waals surface area contributed by atoms with Crippen molar-refractivity contribution in [2.24, 2.45) is 0 Å². The van der Waals surface area contributed by atoms with Crippen molar-refractivity contribution in [1.29, 1.82) is 0 Å². The van der Waals surface area contributed by atoms with Gasteiger partial charge < -0.3 is 9.52 Å². The number of phenolic OH excluding ortho intramolecular Hbond substituents is 1. The van der Waals surface area contributed by atoms with E-state index in [1.165, 1.54) is 6.39 Å². The summed E-state index contributed by atoms with van der Waals surface area (Å²) in [5.41, 5.74) is 2.28. The first-order valence-corrected chi connectivity index (χ1v) is 6.75. The quantitative estimate of drug-likeness (QED) is 0.852. The second-order valence-corrected chi connectivity index (χ2v) is 7.16.